The summed E-state index contributed by atoms with van der Waals surface area (Å²) in [6.07, 6.45) is 5.81. The number of carbonyl (C=O) groups is 1. The summed E-state index contributed by atoms with van der Waals surface area (Å²) in [4.78, 5) is 20.7. The van der Waals surface area contributed by atoms with Crippen LogP contribution in [-0.4, -0.2) is 33.8 Å². The molecule has 0 aliphatic carbocycles. The average molecular weight is 310 g/mol. The molecule has 0 fully saturated rings. The molecule has 1 aromatic rings. The van der Waals surface area contributed by atoms with E-state index in [0.717, 1.165) is 19.4 Å². The summed E-state index contributed by atoms with van der Waals surface area (Å²) in [6, 6.07) is -0.173. The van der Waals surface area contributed by atoms with Crippen molar-refractivity contribution in [3.05, 3.63) is 17.5 Å². The number of ketones is 1. The van der Waals surface area contributed by atoms with E-state index in [4.69, 9.17) is 5.73 Å². The normalized spacial score (nSPS) is 12.0. The van der Waals surface area contributed by atoms with Gasteiger partial charge in [0.2, 0.25) is 5.95 Å². The van der Waals surface area contributed by atoms with E-state index in [-0.39, 0.29) is 23.2 Å². The van der Waals surface area contributed by atoms with E-state index in [2.05, 4.69) is 36.1 Å². The van der Waals surface area contributed by atoms with Crippen molar-refractivity contribution in [1.82, 2.24) is 15.3 Å². The van der Waals surface area contributed by atoms with Crippen molar-refractivity contribution in [1.29, 1.82) is 0 Å². The van der Waals surface area contributed by atoms with Crippen LogP contribution in [0.2, 0.25) is 0 Å². The first-order valence-corrected chi connectivity index (χ1v) is 7.82. The molecule has 1 heterocycles. The van der Waals surface area contributed by atoms with Crippen molar-refractivity contribution in [2.45, 2.75) is 59.4 Å². The Morgan fingerprint density at radius 2 is 2.05 bits per heavy atom. The quantitative estimate of drug-likeness (QED) is 0.534. The molecular weight excluding hydrogens is 280 g/mol. The number of Topliss-reactive ketones (excluding diaryl/α,β-unsaturated/α-hetero) is 1. The van der Waals surface area contributed by atoms with Crippen LogP contribution in [0.1, 0.15) is 62.5 Å². The van der Waals surface area contributed by atoms with E-state index in [1.54, 1.807) is 13.1 Å². The molecule has 0 radical (unpaired) electrons. The zero-order valence-electron chi connectivity index (χ0n) is 14.1. The maximum Gasteiger partial charge on any atom is 0.220 e. The van der Waals surface area contributed by atoms with E-state index < -0.39 is 0 Å². The molecule has 1 rings (SSSR count). The lowest BCUT2D eigenvalue weighted by Gasteiger charge is -2.20. The number of nitrogens with two attached hydrogens (primary N) is 1. The van der Waals surface area contributed by atoms with Gasteiger partial charge in [-0.3, -0.25) is 4.79 Å². The highest BCUT2D eigenvalue weighted by molar-refractivity contribution is 6.00. The van der Waals surface area contributed by atoms with Crippen LogP contribution in [0.4, 0.5) is 5.95 Å². The maximum absolute atomic E-state index is 12.7. The van der Waals surface area contributed by atoms with Gasteiger partial charge < -0.3 is 16.5 Å². The lowest BCUT2D eigenvalue weighted by molar-refractivity contribution is 0.0928. The molecule has 0 aliphatic rings. The molecule has 1 atom stereocenters. The summed E-state index contributed by atoms with van der Waals surface area (Å²) >= 11 is 0. The number of anilines is 1. The lowest BCUT2D eigenvalue weighted by atomic mass is 9.96. The molecule has 6 heteroatoms. The molecule has 22 heavy (non-hydrogen) atoms. The standard InChI is InChI=1S/C16H28N4O.H2O/c1-5-6-7-8-18-14(9-11(2)3)15(21)13-10-19-16(17)20-12(13)4;/h10-11,14,18H,5-9H2,1-4H3,(H2,17,19,20);1H2. The van der Waals surface area contributed by atoms with Crippen molar-refractivity contribution >= 4 is 11.7 Å². The second-order valence-electron chi connectivity index (χ2n) is 5.93. The van der Waals surface area contributed by atoms with Crippen molar-refractivity contribution < 1.29 is 10.3 Å². The van der Waals surface area contributed by atoms with Crippen LogP contribution in [-0.2, 0) is 0 Å². The van der Waals surface area contributed by atoms with Gasteiger partial charge in [0.15, 0.2) is 5.78 Å². The van der Waals surface area contributed by atoms with E-state index in [1.807, 2.05) is 0 Å². The number of nitrogen functional groups attached to an aromatic ring is 1. The molecule has 0 aromatic carbocycles. The SMILES string of the molecule is CCCCCNC(CC(C)C)C(=O)c1cnc(N)nc1C.O. The number of rotatable bonds is 9. The third-order valence-electron chi connectivity index (χ3n) is 3.46. The highest BCUT2D eigenvalue weighted by atomic mass is 16.1. The fraction of sp³-hybridized carbons (Fsp3) is 0.688. The van der Waals surface area contributed by atoms with Gasteiger partial charge in [0.1, 0.15) is 0 Å². The number of nitrogens with zero attached hydrogens (tertiary/aromatic N) is 2. The summed E-state index contributed by atoms with van der Waals surface area (Å²) in [5, 5.41) is 3.39. The fourth-order valence-corrected chi connectivity index (χ4v) is 2.32. The number of carbonyl (C=O) groups excluding carboxylic acids is 1. The summed E-state index contributed by atoms with van der Waals surface area (Å²) in [5.74, 6) is 0.727. The van der Waals surface area contributed by atoms with Crippen molar-refractivity contribution in [3.8, 4) is 0 Å². The number of aryl methyl sites for hydroxylation is 1. The first kappa shape index (κ1) is 20.5. The molecule has 1 aromatic heterocycles. The average Bonchev–Trinajstić information content (AvgIpc) is 2.41. The maximum atomic E-state index is 12.7. The minimum atomic E-state index is -0.173. The molecular formula is C16H30N4O2. The van der Waals surface area contributed by atoms with Gasteiger partial charge in [-0.15, -0.1) is 0 Å². The molecule has 0 bridgehead atoms. The minimum Gasteiger partial charge on any atom is -0.412 e. The second-order valence-corrected chi connectivity index (χ2v) is 5.93. The number of aromatic nitrogens is 2. The Kier molecular flexibility index (Phi) is 9.53. The van der Waals surface area contributed by atoms with Gasteiger partial charge in [0.25, 0.3) is 0 Å². The molecule has 6 nitrogen and oxygen atoms in total. The van der Waals surface area contributed by atoms with Gasteiger partial charge in [-0.05, 0) is 32.2 Å². The monoisotopic (exact) mass is 310 g/mol. The third kappa shape index (κ3) is 6.49. The van der Waals surface area contributed by atoms with Gasteiger partial charge in [0, 0.05) is 6.20 Å². The summed E-state index contributed by atoms with van der Waals surface area (Å²) in [5.41, 5.74) is 6.77. The Balaban J connectivity index is 0.00000441. The Morgan fingerprint density at radius 1 is 1.36 bits per heavy atom. The number of unbranched alkanes of at least 4 members (excludes halogenated alkanes) is 2. The van der Waals surface area contributed by atoms with E-state index in [9.17, 15) is 4.79 Å². The van der Waals surface area contributed by atoms with E-state index in [0.29, 0.717) is 17.2 Å². The summed E-state index contributed by atoms with van der Waals surface area (Å²) in [6.45, 7) is 9.09. The van der Waals surface area contributed by atoms with Crippen molar-refractivity contribution in [3.63, 3.8) is 0 Å². The van der Waals surface area contributed by atoms with Crippen LogP contribution in [0.25, 0.3) is 0 Å². The highest BCUT2D eigenvalue weighted by Crippen LogP contribution is 2.14. The molecule has 0 amide bonds. The second kappa shape index (κ2) is 10.2. The Morgan fingerprint density at radius 3 is 2.59 bits per heavy atom. The smallest absolute Gasteiger partial charge is 0.220 e. The van der Waals surface area contributed by atoms with E-state index >= 15 is 0 Å². The Bertz CT molecular complexity index is 463. The van der Waals surface area contributed by atoms with Gasteiger partial charge in [0.05, 0.1) is 17.3 Å². The third-order valence-corrected chi connectivity index (χ3v) is 3.46. The molecule has 0 spiro atoms. The van der Waals surface area contributed by atoms with Crippen molar-refractivity contribution in [2.75, 3.05) is 12.3 Å². The van der Waals surface area contributed by atoms with Crippen LogP contribution in [0.15, 0.2) is 6.20 Å². The van der Waals surface area contributed by atoms with E-state index in [1.165, 1.54) is 12.8 Å². The number of hydrogen-bond donors (Lipinski definition) is 2. The first-order chi connectivity index (χ1) is 9.95. The predicted octanol–water partition coefficient (Wildman–Crippen LogP) is 1.92. The zero-order valence-corrected chi connectivity index (χ0v) is 14.1. The summed E-state index contributed by atoms with van der Waals surface area (Å²) in [7, 11) is 0. The van der Waals surface area contributed by atoms with Crippen LogP contribution in [0.3, 0.4) is 0 Å². The molecule has 126 valence electrons. The van der Waals surface area contributed by atoms with Crippen LogP contribution < -0.4 is 11.1 Å². The number of nitrogens with one attached hydrogen (secondary N) is 1. The van der Waals surface area contributed by atoms with Gasteiger partial charge in [-0.25, -0.2) is 9.97 Å². The number of hydrogen-bond acceptors (Lipinski definition) is 5. The zero-order chi connectivity index (χ0) is 15.8. The topological polar surface area (TPSA) is 112 Å². The van der Waals surface area contributed by atoms with Crippen LogP contribution >= 0.6 is 0 Å². The molecule has 0 saturated heterocycles. The molecule has 0 aliphatic heterocycles. The fourth-order valence-electron chi connectivity index (χ4n) is 2.32. The molecule has 5 N–H and O–H groups in total. The summed E-state index contributed by atoms with van der Waals surface area (Å²) < 4.78 is 0. The largest absolute Gasteiger partial charge is 0.412 e. The molecule has 0 saturated carbocycles. The predicted molar refractivity (Wildman–Crippen MR) is 89.9 cm³/mol. The Hall–Kier alpha value is -1.53. The van der Waals surface area contributed by atoms with Gasteiger partial charge in [-0.1, -0.05) is 33.6 Å². The highest BCUT2D eigenvalue weighted by Gasteiger charge is 2.22. The Labute approximate surface area is 133 Å². The van der Waals surface area contributed by atoms with Crippen molar-refractivity contribution in [2.24, 2.45) is 5.92 Å². The van der Waals surface area contributed by atoms with Gasteiger partial charge in [-0.2, -0.15) is 0 Å². The minimum absolute atomic E-state index is 0. The molecule has 1 unspecified atom stereocenters. The first-order valence-electron chi connectivity index (χ1n) is 7.82. The lowest BCUT2D eigenvalue weighted by Crippen LogP contribution is -2.39. The van der Waals surface area contributed by atoms with Crippen LogP contribution in [0.5, 0.6) is 0 Å². The van der Waals surface area contributed by atoms with Gasteiger partial charge >= 0.3 is 0 Å². The van der Waals surface area contributed by atoms with Crippen LogP contribution in [0, 0.1) is 12.8 Å².